The molecule has 1 heterocycles. The van der Waals surface area contributed by atoms with Gasteiger partial charge in [-0.25, -0.2) is 5.90 Å². The third-order valence-electron chi connectivity index (χ3n) is 3.06. The summed E-state index contributed by atoms with van der Waals surface area (Å²) >= 11 is 0. The van der Waals surface area contributed by atoms with E-state index < -0.39 is 0 Å². The van der Waals surface area contributed by atoms with Gasteiger partial charge in [-0.05, 0) is 19.9 Å². The molecular weight excluding hydrogens is 188 g/mol. The van der Waals surface area contributed by atoms with E-state index in [1.165, 1.54) is 22.2 Å². The molecule has 0 saturated heterocycles. The quantitative estimate of drug-likeness (QED) is 0.763. The van der Waals surface area contributed by atoms with Crippen LogP contribution in [0.1, 0.15) is 24.3 Å². The monoisotopic (exact) mass is 204 g/mol. The molecule has 3 nitrogen and oxygen atoms in total. The lowest BCUT2D eigenvalue weighted by Gasteiger charge is -2.09. The molecule has 1 unspecified atom stereocenters. The number of hydrogen-bond acceptors (Lipinski definition) is 2. The Kier molecular flexibility index (Phi) is 2.50. The van der Waals surface area contributed by atoms with Crippen LogP contribution in [-0.2, 0) is 11.9 Å². The summed E-state index contributed by atoms with van der Waals surface area (Å²) in [6, 6.07) is 8.29. The lowest BCUT2D eigenvalue weighted by molar-refractivity contribution is 0.0668. The summed E-state index contributed by atoms with van der Waals surface area (Å²) in [5, 5.41) is 1.22. The van der Waals surface area contributed by atoms with Crippen LogP contribution in [0.4, 0.5) is 0 Å². The predicted molar refractivity (Wildman–Crippen MR) is 61.3 cm³/mol. The number of rotatable bonds is 2. The lowest BCUT2D eigenvalue weighted by atomic mass is 10.1. The van der Waals surface area contributed by atoms with E-state index in [2.05, 4.69) is 30.7 Å². The highest BCUT2D eigenvalue weighted by Gasteiger charge is 2.16. The van der Waals surface area contributed by atoms with E-state index in [0.717, 1.165) is 0 Å². The third-order valence-corrected chi connectivity index (χ3v) is 3.06. The Morgan fingerprint density at radius 1 is 1.33 bits per heavy atom. The number of nitrogens with zero attached hydrogens (tertiary/aromatic N) is 1. The maximum atomic E-state index is 5.26. The molecule has 0 aliphatic heterocycles. The summed E-state index contributed by atoms with van der Waals surface area (Å²) < 4.78 is 2.17. The highest BCUT2D eigenvalue weighted by atomic mass is 16.6. The van der Waals surface area contributed by atoms with Gasteiger partial charge in [0.1, 0.15) is 6.10 Å². The Hall–Kier alpha value is -1.32. The first-order valence-corrected chi connectivity index (χ1v) is 5.06. The van der Waals surface area contributed by atoms with E-state index in [1.54, 1.807) is 0 Å². The van der Waals surface area contributed by atoms with Crippen LogP contribution < -0.4 is 5.90 Å². The van der Waals surface area contributed by atoms with Crippen LogP contribution in [0.5, 0.6) is 0 Å². The van der Waals surface area contributed by atoms with Crippen molar-refractivity contribution in [2.45, 2.75) is 20.0 Å². The standard InChI is InChI=1S/C12H16N2O/c1-8-12(9(2)15-13)10-6-4-5-7-11(10)14(8)3/h4-7,9H,13H2,1-3H3. The molecule has 0 bridgehead atoms. The van der Waals surface area contributed by atoms with Gasteiger partial charge in [0.2, 0.25) is 0 Å². The summed E-state index contributed by atoms with van der Waals surface area (Å²) in [5.74, 6) is 5.26. The molecule has 3 heteroatoms. The minimum Gasteiger partial charge on any atom is -0.348 e. The van der Waals surface area contributed by atoms with Gasteiger partial charge in [-0.3, -0.25) is 4.84 Å². The van der Waals surface area contributed by atoms with Gasteiger partial charge in [0.05, 0.1) is 0 Å². The Labute approximate surface area is 89.4 Å². The molecule has 0 aliphatic rings. The molecule has 1 aromatic heterocycles. The second-order valence-corrected chi connectivity index (χ2v) is 3.85. The van der Waals surface area contributed by atoms with E-state index in [0.29, 0.717) is 0 Å². The minimum atomic E-state index is -0.0731. The summed E-state index contributed by atoms with van der Waals surface area (Å²) in [6.45, 7) is 4.06. The summed E-state index contributed by atoms with van der Waals surface area (Å²) in [7, 11) is 2.06. The molecule has 0 fully saturated rings. The van der Waals surface area contributed by atoms with Crippen LogP contribution in [0, 0.1) is 6.92 Å². The van der Waals surface area contributed by atoms with Gasteiger partial charge in [-0.2, -0.15) is 0 Å². The molecule has 15 heavy (non-hydrogen) atoms. The fourth-order valence-corrected chi connectivity index (χ4v) is 2.13. The Bertz CT molecular complexity index is 488. The van der Waals surface area contributed by atoms with E-state index in [-0.39, 0.29) is 6.10 Å². The van der Waals surface area contributed by atoms with E-state index in [9.17, 15) is 0 Å². The van der Waals surface area contributed by atoms with Gasteiger partial charge in [0, 0.05) is 29.2 Å². The SMILES string of the molecule is Cc1c(C(C)ON)c2ccccc2n1C. The molecule has 1 atom stereocenters. The fraction of sp³-hybridized carbons (Fsp3) is 0.333. The molecule has 0 aliphatic carbocycles. The average Bonchev–Trinajstić information content (AvgIpc) is 2.52. The van der Waals surface area contributed by atoms with Crippen molar-refractivity contribution in [1.82, 2.24) is 4.57 Å². The smallest absolute Gasteiger partial charge is 0.103 e. The number of nitrogens with two attached hydrogens (primary N) is 1. The minimum absolute atomic E-state index is 0.0731. The van der Waals surface area contributed by atoms with Crippen LogP contribution >= 0.6 is 0 Å². The van der Waals surface area contributed by atoms with Gasteiger partial charge >= 0.3 is 0 Å². The van der Waals surface area contributed by atoms with Gasteiger partial charge in [-0.1, -0.05) is 18.2 Å². The maximum absolute atomic E-state index is 5.26. The first kappa shape index (κ1) is 10.2. The number of aromatic nitrogens is 1. The normalized spacial score (nSPS) is 13.3. The van der Waals surface area contributed by atoms with Crippen molar-refractivity contribution in [3.05, 3.63) is 35.5 Å². The third kappa shape index (κ3) is 1.44. The van der Waals surface area contributed by atoms with Crippen LogP contribution in [0.25, 0.3) is 10.9 Å². The van der Waals surface area contributed by atoms with Crippen molar-refractivity contribution in [3.63, 3.8) is 0 Å². The molecule has 0 spiro atoms. The second-order valence-electron chi connectivity index (χ2n) is 3.85. The van der Waals surface area contributed by atoms with Crippen molar-refractivity contribution in [2.75, 3.05) is 0 Å². The zero-order valence-electron chi connectivity index (χ0n) is 9.32. The largest absolute Gasteiger partial charge is 0.348 e. The topological polar surface area (TPSA) is 40.2 Å². The van der Waals surface area contributed by atoms with Crippen molar-refractivity contribution < 1.29 is 4.84 Å². The molecular formula is C12H16N2O. The number of aryl methyl sites for hydroxylation is 1. The Morgan fingerprint density at radius 2 is 2.00 bits per heavy atom. The second kappa shape index (κ2) is 3.68. The predicted octanol–water partition coefficient (Wildman–Crippen LogP) is 2.44. The van der Waals surface area contributed by atoms with Crippen LogP contribution in [0.2, 0.25) is 0 Å². The van der Waals surface area contributed by atoms with Crippen molar-refractivity contribution in [3.8, 4) is 0 Å². The molecule has 2 aromatic rings. The van der Waals surface area contributed by atoms with Gasteiger partial charge in [0.25, 0.3) is 0 Å². The molecule has 80 valence electrons. The van der Waals surface area contributed by atoms with Gasteiger partial charge in [-0.15, -0.1) is 0 Å². The molecule has 2 N–H and O–H groups in total. The number of hydrogen-bond donors (Lipinski definition) is 1. The van der Waals surface area contributed by atoms with Crippen LogP contribution in [0.15, 0.2) is 24.3 Å². The first-order valence-electron chi connectivity index (χ1n) is 5.06. The zero-order valence-corrected chi connectivity index (χ0v) is 9.32. The Balaban J connectivity index is 2.77. The van der Waals surface area contributed by atoms with Gasteiger partial charge in [0.15, 0.2) is 0 Å². The fourth-order valence-electron chi connectivity index (χ4n) is 2.13. The first-order chi connectivity index (χ1) is 7.16. The van der Waals surface area contributed by atoms with Gasteiger partial charge < -0.3 is 4.57 Å². The highest BCUT2D eigenvalue weighted by Crippen LogP contribution is 2.30. The molecule has 0 amide bonds. The average molecular weight is 204 g/mol. The molecule has 1 aromatic carbocycles. The summed E-state index contributed by atoms with van der Waals surface area (Å²) in [4.78, 5) is 4.93. The number of fused-ring (bicyclic) bond motifs is 1. The van der Waals surface area contributed by atoms with Crippen molar-refractivity contribution >= 4 is 10.9 Å². The Morgan fingerprint density at radius 3 is 2.67 bits per heavy atom. The zero-order chi connectivity index (χ0) is 11.0. The number of benzene rings is 1. The van der Waals surface area contributed by atoms with Crippen LogP contribution in [0.3, 0.4) is 0 Å². The maximum Gasteiger partial charge on any atom is 0.103 e. The number of para-hydroxylation sites is 1. The van der Waals surface area contributed by atoms with Crippen molar-refractivity contribution in [1.29, 1.82) is 0 Å². The van der Waals surface area contributed by atoms with Crippen LogP contribution in [-0.4, -0.2) is 4.57 Å². The van der Waals surface area contributed by atoms with E-state index >= 15 is 0 Å². The summed E-state index contributed by atoms with van der Waals surface area (Å²) in [6.07, 6.45) is -0.0731. The van der Waals surface area contributed by atoms with E-state index in [1.807, 2.05) is 19.1 Å². The lowest BCUT2D eigenvalue weighted by Crippen LogP contribution is -2.06. The molecule has 0 radical (unpaired) electrons. The molecule has 2 rings (SSSR count). The molecule has 0 saturated carbocycles. The summed E-state index contributed by atoms with van der Waals surface area (Å²) in [5.41, 5.74) is 3.60. The van der Waals surface area contributed by atoms with E-state index in [4.69, 9.17) is 10.7 Å². The van der Waals surface area contributed by atoms with Crippen molar-refractivity contribution in [2.24, 2.45) is 12.9 Å². The highest BCUT2D eigenvalue weighted by molar-refractivity contribution is 5.85.